The lowest BCUT2D eigenvalue weighted by molar-refractivity contribution is 0.0246. The third kappa shape index (κ3) is 2.70. The lowest BCUT2D eigenvalue weighted by Crippen LogP contribution is -2.45. The van der Waals surface area contributed by atoms with E-state index >= 15 is 0 Å². The fraction of sp³-hybridized carbons (Fsp3) is 0.500. The fourth-order valence-corrected chi connectivity index (χ4v) is 2.81. The average Bonchev–Trinajstić information content (AvgIpc) is 2.41. The first-order chi connectivity index (χ1) is 8.63. The second-order valence-electron chi connectivity index (χ2n) is 4.78. The van der Waals surface area contributed by atoms with Gasteiger partial charge in [-0.05, 0) is 30.7 Å². The molecule has 1 fully saturated rings. The number of hydrogen-bond acceptors (Lipinski definition) is 3. The molecule has 1 aliphatic rings. The maximum atomic E-state index is 12.4. The smallest absolute Gasteiger partial charge is 0.255 e. The molecule has 1 saturated heterocycles. The number of thioether (sulfide) groups is 1. The zero-order valence-electron chi connectivity index (χ0n) is 10.8. The third-order valence-electron chi connectivity index (χ3n) is 3.54. The first-order valence-electron chi connectivity index (χ1n) is 6.24. The van der Waals surface area contributed by atoms with Gasteiger partial charge in [0, 0.05) is 18.0 Å². The van der Waals surface area contributed by atoms with E-state index in [1.165, 1.54) is 0 Å². The number of likely N-dealkylation sites (tertiary alicyclic amines) is 1. The van der Waals surface area contributed by atoms with Crippen LogP contribution in [-0.4, -0.2) is 41.4 Å². The number of rotatable bonds is 2. The number of benzene rings is 1. The summed E-state index contributed by atoms with van der Waals surface area (Å²) < 4.78 is 0. The molecule has 2 unspecified atom stereocenters. The molecule has 98 valence electrons. The number of hydrogen-bond donors (Lipinski definition) is 1. The Morgan fingerprint density at radius 1 is 1.44 bits per heavy atom. The lowest BCUT2D eigenvalue weighted by atomic mass is 9.95. The maximum Gasteiger partial charge on any atom is 0.255 e. The Bertz CT molecular complexity index is 436. The Kier molecular flexibility index (Phi) is 4.30. The molecular weight excluding hydrogens is 246 g/mol. The van der Waals surface area contributed by atoms with Crippen molar-refractivity contribution in [2.24, 2.45) is 5.92 Å². The maximum absolute atomic E-state index is 12.4. The molecule has 1 aromatic carbocycles. The van der Waals surface area contributed by atoms with E-state index in [2.05, 4.69) is 0 Å². The van der Waals surface area contributed by atoms with Crippen LogP contribution in [0.2, 0.25) is 0 Å². The Morgan fingerprint density at radius 2 is 2.17 bits per heavy atom. The highest BCUT2D eigenvalue weighted by atomic mass is 32.2. The van der Waals surface area contributed by atoms with Crippen LogP contribution < -0.4 is 0 Å². The monoisotopic (exact) mass is 265 g/mol. The number of piperidine rings is 1. The van der Waals surface area contributed by atoms with Gasteiger partial charge in [0.25, 0.3) is 5.91 Å². The van der Waals surface area contributed by atoms with Gasteiger partial charge in [-0.2, -0.15) is 0 Å². The summed E-state index contributed by atoms with van der Waals surface area (Å²) in [5, 5.41) is 9.87. The van der Waals surface area contributed by atoms with Gasteiger partial charge in [0.2, 0.25) is 0 Å². The number of carbonyl (C=O) groups is 1. The Balaban J connectivity index is 2.16. The molecule has 2 rings (SSSR count). The van der Waals surface area contributed by atoms with E-state index in [9.17, 15) is 9.90 Å². The molecule has 0 spiro atoms. The molecule has 18 heavy (non-hydrogen) atoms. The topological polar surface area (TPSA) is 40.5 Å². The number of amides is 1. The minimum Gasteiger partial charge on any atom is -0.391 e. The van der Waals surface area contributed by atoms with Gasteiger partial charge in [0.05, 0.1) is 11.7 Å². The summed E-state index contributed by atoms with van der Waals surface area (Å²) in [7, 11) is 0. The average molecular weight is 265 g/mol. The Hall–Kier alpha value is -1.00. The number of β-amino-alcohol motifs (C(OH)–C–C–N with tert-alkyl or cyclic N) is 1. The normalized spacial score (nSPS) is 24.1. The zero-order valence-corrected chi connectivity index (χ0v) is 11.6. The summed E-state index contributed by atoms with van der Waals surface area (Å²) in [5.74, 6) is 0.316. The van der Waals surface area contributed by atoms with Crippen LogP contribution in [0.4, 0.5) is 0 Å². The zero-order chi connectivity index (χ0) is 13.1. The molecule has 0 saturated carbocycles. The molecule has 1 amide bonds. The van der Waals surface area contributed by atoms with Crippen molar-refractivity contribution in [1.29, 1.82) is 0 Å². The SMILES string of the molecule is CSc1ccccc1C(=O)N1CCC(C)C(O)C1. The van der Waals surface area contributed by atoms with Gasteiger partial charge >= 0.3 is 0 Å². The quantitative estimate of drug-likeness (QED) is 0.834. The minimum absolute atomic E-state index is 0.0332. The molecule has 1 aliphatic heterocycles. The van der Waals surface area contributed by atoms with E-state index in [1.807, 2.05) is 37.4 Å². The summed E-state index contributed by atoms with van der Waals surface area (Å²) in [5.41, 5.74) is 0.742. The van der Waals surface area contributed by atoms with Crippen LogP contribution in [0.3, 0.4) is 0 Å². The van der Waals surface area contributed by atoms with Crippen LogP contribution in [0, 0.1) is 5.92 Å². The van der Waals surface area contributed by atoms with Crippen molar-refractivity contribution in [3.05, 3.63) is 29.8 Å². The highest BCUT2D eigenvalue weighted by Crippen LogP contribution is 2.24. The van der Waals surface area contributed by atoms with Gasteiger partial charge < -0.3 is 10.0 Å². The molecule has 1 aromatic rings. The van der Waals surface area contributed by atoms with Crippen LogP contribution >= 0.6 is 11.8 Å². The van der Waals surface area contributed by atoms with Crippen molar-refractivity contribution in [3.63, 3.8) is 0 Å². The van der Waals surface area contributed by atoms with Gasteiger partial charge in [-0.3, -0.25) is 4.79 Å². The highest BCUT2D eigenvalue weighted by molar-refractivity contribution is 7.98. The van der Waals surface area contributed by atoms with Crippen molar-refractivity contribution < 1.29 is 9.90 Å². The van der Waals surface area contributed by atoms with Gasteiger partial charge in [0.1, 0.15) is 0 Å². The molecule has 3 nitrogen and oxygen atoms in total. The van der Waals surface area contributed by atoms with E-state index in [0.717, 1.165) is 23.4 Å². The molecule has 2 atom stereocenters. The van der Waals surface area contributed by atoms with Crippen LogP contribution in [0.25, 0.3) is 0 Å². The molecule has 1 heterocycles. The lowest BCUT2D eigenvalue weighted by Gasteiger charge is -2.34. The summed E-state index contributed by atoms with van der Waals surface area (Å²) in [6.07, 6.45) is 2.44. The van der Waals surface area contributed by atoms with E-state index in [4.69, 9.17) is 0 Å². The molecule has 0 aliphatic carbocycles. The van der Waals surface area contributed by atoms with E-state index in [1.54, 1.807) is 16.7 Å². The van der Waals surface area contributed by atoms with Crippen molar-refractivity contribution in [2.45, 2.75) is 24.3 Å². The van der Waals surface area contributed by atoms with Crippen molar-refractivity contribution in [1.82, 2.24) is 4.90 Å². The summed E-state index contributed by atoms with van der Waals surface area (Å²) in [6, 6.07) is 7.64. The fourth-order valence-electron chi connectivity index (χ4n) is 2.23. The predicted molar refractivity (Wildman–Crippen MR) is 73.9 cm³/mol. The molecule has 0 radical (unpaired) electrons. The highest BCUT2D eigenvalue weighted by Gasteiger charge is 2.28. The second kappa shape index (κ2) is 5.76. The van der Waals surface area contributed by atoms with Crippen molar-refractivity contribution in [3.8, 4) is 0 Å². The Morgan fingerprint density at radius 3 is 2.83 bits per heavy atom. The summed E-state index contributed by atoms with van der Waals surface area (Å²) >= 11 is 1.58. The third-order valence-corrected chi connectivity index (χ3v) is 4.34. The van der Waals surface area contributed by atoms with Crippen LogP contribution in [0.15, 0.2) is 29.2 Å². The molecule has 0 bridgehead atoms. The standard InChI is InChI=1S/C14H19NO2S/c1-10-7-8-15(9-12(10)16)14(17)11-5-3-4-6-13(11)18-2/h3-6,10,12,16H,7-9H2,1-2H3. The van der Waals surface area contributed by atoms with Crippen LogP contribution in [0.5, 0.6) is 0 Å². The second-order valence-corrected chi connectivity index (χ2v) is 5.63. The first-order valence-corrected chi connectivity index (χ1v) is 7.46. The molecular formula is C14H19NO2S. The predicted octanol–water partition coefficient (Wildman–Crippen LogP) is 2.25. The van der Waals surface area contributed by atoms with E-state index < -0.39 is 6.10 Å². The molecule has 0 aromatic heterocycles. The number of nitrogens with zero attached hydrogens (tertiary/aromatic N) is 1. The number of aliphatic hydroxyl groups is 1. The first kappa shape index (κ1) is 13.4. The van der Waals surface area contributed by atoms with Gasteiger partial charge in [-0.1, -0.05) is 19.1 Å². The molecule has 4 heteroatoms. The van der Waals surface area contributed by atoms with Gasteiger partial charge in [-0.15, -0.1) is 11.8 Å². The van der Waals surface area contributed by atoms with Crippen LogP contribution in [-0.2, 0) is 0 Å². The van der Waals surface area contributed by atoms with Crippen molar-refractivity contribution >= 4 is 17.7 Å². The molecule has 1 N–H and O–H groups in total. The van der Waals surface area contributed by atoms with Crippen molar-refractivity contribution in [2.75, 3.05) is 19.3 Å². The van der Waals surface area contributed by atoms with E-state index in [-0.39, 0.29) is 11.8 Å². The summed E-state index contributed by atoms with van der Waals surface area (Å²) in [4.78, 5) is 15.2. The Labute approximate surface area is 112 Å². The number of carbonyl (C=O) groups excluding carboxylic acids is 1. The van der Waals surface area contributed by atoms with Gasteiger partial charge in [-0.25, -0.2) is 0 Å². The number of aliphatic hydroxyl groups excluding tert-OH is 1. The minimum atomic E-state index is -0.399. The van der Waals surface area contributed by atoms with Gasteiger partial charge in [0.15, 0.2) is 0 Å². The van der Waals surface area contributed by atoms with E-state index in [0.29, 0.717) is 6.54 Å². The summed E-state index contributed by atoms with van der Waals surface area (Å²) in [6.45, 7) is 3.21. The van der Waals surface area contributed by atoms with Crippen LogP contribution in [0.1, 0.15) is 23.7 Å². The largest absolute Gasteiger partial charge is 0.391 e.